The molecule has 0 amide bonds. The number of thiophene rings is 1. The van der Waals surface area contributed by atoms with Crippen LogP contribution in [0, 0.1) is 19.1 Å². The van der Waals surface area contributed by atoms with Gasteiger partial charge in [-0.1, -0.05) is 85.5 Å². The second-order valence-electron chi connectivity index (χ2n) is 14.4. The Morgan fingerprint density at radius 1 is 0.635 bits per heavy atom. The third-order valence-corrected chi connectivity index (χ3v) is 15.0. The number of nitrogens with zero attached hydrogens (tertiary/aromatic N) is 2. The van der Waals surface area contributed by atoms with Crippen molar-refractivity contribution >= 4 is 49.2 Å². The summed E-state index contributed by atoms with van der Waals surface area (Å²) in [6.45, 7) is 6.63. The van der Waals surface area contributed by atoms with Crippen LogP contribution in [0.4, 0.5) is 0 Å². The zero-order valence-electron chi connectivity index (χ0n) is 30.5. The molecule has 5 aromatic carbocycles. The van der Waals surface area contributed by atoms with E-state index in [0.29, 0.717) is 5.92 Å². The van der Waals surface area contributed by atoms with Crippen LogP contribution >= 0.6 is 11.3 Å². The van der Waals surface area contributed by atoms with Crippen LogP contribution in [0.3, 0.4) is 0 Å². The van der Waals surface area contributed by atoms with Crippen molar-refractivity contribution in [1.82, 2.24) is 9.97 Å². The summed E-state index contributed by atoms with van der Waals surface area (Å²) in [5, 5.41) is 2.56. The van der Waals surface area contributed by atoms with E-state index in [-0.39, 0.29) is 20.1 Å². The molecule has 3 aromatic heterocycles. The fourth-order valence-electron chi connectivity index (χ4n) is 6.60. The van der Waals surface area contributed by atoms with Crippen molar-refractivity contribution < 1.29 is 20.1 Å². The van der Waals surface area contributed by atoms with Gasteiger partial charge in [0.2, 0.25) is 0 Å². The van der Waals surface area contributed by atoms with Crippen molar-refractivity contribution in [2.75, 3.05) is 0 Å². The van der Waals surface area contributed by atoms with Gasteiger partial charge in [0.15, 0.2) is 0 Å². The summed E-state index contributed by atoms with van der Waals surface area (Å²) in [7, 11) is 0. The summed E-state index contributed by atoms with van der Waals surface area (Å²) in [5.74, 6) is 7.67. The molecule has 0 bridgehead atoms. The van der Waals surface area contributed by atoms with E-state index in [1.165, 1.54) is 57.9 Å². The van der Waals surface area contributed by atoms with Crippen molar-refractivity contribution in [1.29, 1.82) is 0 Å². The minimum atomic E-state index is -1.77. The van der Waals surface area contributed by atoms with E-state index in [9.17, 15) is 0 Å². The normalized spacial score (nSPS) is 11.3. The van der Waals surface area contributed by atoms with Crippen LogP contribution in [-0.4, -0.2) is 23.2 Å². The second kappa shape index (κ2) is 16.2. The smallest absolute Gasteiger partial charge is 0 e. The fraction of sp³-hybridized carbons (Fsp3) is 0.149. The van der Waals surface area contributed by atoms with Gasteiger partial charge in [0.1, 0.15) is 0 Å². The van der Waals surface area contributed by atoms with E-state index in [1.807, 2.05) is 41.8 Å². The molecule has 8 aromatic rings. The Balaban J connectivity index is 0.000000218. The van der Waals surface area contributed by atoms with Gasteiger partial charge in [-0.05, 0) is 68.2 Å². The van der Waals surface area contributed by atoms with Gasteiger partial charge in [-0.15, -0.1) is 23.8 Å². The Bertz CT molecular complexity index is 2450. The van der Waals surface area contributed by atoms with Crippen LogP contribution in [0.25, 0.3) is 64.9 Å². The molecule has 0 saturated heterocycles. The molecule has 8 rings (SSSR count). The number of aryl methyl sites for hydroxylation is 1. The largest absolute Gasteiger partial charge is 0 e. The quantitative estimate of drug-likeness (QED) is 0.123. The summed E-state index contributed by atoms with van der Waals surface area (Å²) < 4.78 is 4.03. The molecule has 0 aliphatic heterocycles. The molecule has 0 N–H and O–H groups in total. The Labute approximate surface area is 328 Å². The van der Waals surface area contributed by atoms with Crippen LogP contribution in [0.1, 0.15) is 30.9 Å². The minimum absolute atomic E-state index is 0. The van der Waals surface area contributed by atoms with Crippen molar-refractivity contribution in [3.8, 4) is 44.8 Å². The molecule has 5 heteroatoms. The number of rotatable bonds is 6. The van der Waals surface area contributed by atoms with Gasteiger partial charge in [0, 0.05) is 31.0 Å². The number of hydrogen-bond acceptors (Lipinski definition) is 3. The van der Waals surface area contributed by atoms with Crippen LogP contribution in [0.2, 0.25) is 17.3 Å². The number of pyridine rings is 2. The first-order chi connectivity index (χ1) is 24.7. The van der Waals surface area contributed by atoms with Gasteiger partial charge in [-0.3, -0.25) is 0 Å². The molecule has 0 aliphatic rings. The van der Waals surface area contributed by atoms with Gasteiger partial charge in [0.25, 0.3) is 0 Å². The summed E-state index contributed by atoms with van der Waals surface area (Å²) >= 11 is 0.0574. The van der Waals surface area contributed by atoms with Gasteiger partial charge < -0.3 is 4.98 Å². The monoisotopic (exact) mass is 933 g/mol. The topological polar surface area (TPSA) is 25.8 Å². The molecule has 0 fully saturated rings. The van der Waals surface area contributed by atoms with Crippen LogP contribution < -0.4 is 4.40 Å². The molecule has 0 spiro atoms. The molecule has 52 heavy (non-hydrogen) atoms. The number of aromatic nitrogens is 2. The number of hydrogen-bond donors (Lipinski definition) is 0. The van der Waals surface area contributed by atoms with E-state index < -0.39 is 13.3 Å². The third-order valence-electron chi connectivity index (χ3n) is 9.34. The fourth-order valence-corrected chi connectivity index (χ4v) is 11.4. The van der Waals surface area contributed by atoms with Gasteiger partial charge in [-0.2, -0.15) is 11.3 Å². The molecule has 0 atom stereocenters. The maximum absolute atomic E-state index is 4.69. The Morgan fingerprint density at radius 3 is 2.08 bits per heavy atom. The molecule has 3 heterocycles. The zero-order chi connectivity index (χ0) is 35.5. The maximum atomic E-state index is 4.69. The van der Waals surface area contributed by atoms with Crippen LogP contribution in [0.15, 0.2) is 140 Å². The molecule has 0 unspecified atom stereocenters. The summed E-state index contributed by atoms with van der Waals surface area (Å²) in [4.78, 5) is 9.28. The van der Waals surface area contributed by atoms with Gasteiger partial charge in [0.05, 0.1) is 0 Å². The van der Waals surface area contributed by atoms with Crippen molar-refractivity contribution in [2.45, 2.75) is 44.0 Å². The average Bonchev–Trinajstić information content (AvgIpc) is 3.54. The second-order valence-corrected chi connectivity index (χ2v) is 26.0. The van der Waals surface area contributed by atoms with E-state index >= 15 is 0 Å². The average molecular weight is 932 g/mol. The van der Waals surface area contributed by atoms with Crippen molar-refractivity contribution in [3.05, 3.63) is 163 Å². The molecule has 261 valence electrons. The van der Waals surface area contributed by atoms with Crippen LogP contribution in [-0.2, 0) is 20.1 Å². The first-order valence-corrected chi connectivity index (χ1v) is 25.7. The van der Waals surface area contributed by atoms with E-state index in [1.54, 1.807) is 0 Å². The molecular weight excluding hydrogens is 889 g/mol. The Morgan fingerprint density at radius 2 is 1.37 bits per heavy atom. The van der Waals surface area contributed by atoms with Crippen molar-refractivity contribution in [2.24, 2.45) is 0 Å². The number of fused-ring (bicyclic) bond motifs is 3. The summed E-state index contributed by atoms with van der Waals surface area (Å²) in [6.07, 6.45) is 3.99. The first kappa shape index (κ1) is 37.6. The number of benzene rings is 5. The predicted octanol–water partition coefficient (Wildman–Crippen LogP) is 12.8. The maximum Gasteiger partial charge on any atom is 0 e. The van der Waals surface area contributed by atoms with E-state index in [4.69, 9.17) is 4.98 Å². The van der Waals surface area contributed by atoms with Crippen LogP contribution in [0.5, 0.6) is 0 Å². The molecule has 0 aliphatic carbocycles. The standard InChI is InChI=1S/C32H24NS.C15H18GeN.Ir/c1-21(2)23-16-17-33-30(20-23)28-13-7-12-27-29-19-26(14-15-31(29)34-32(27)28)25-11-6-10-24(18-25)22-8-4-3-5-9-22;1-12-10-15(13-8-6-5-7-9-13)17-11-14(12)16(2,3)4;/h3-12,14-21H,1-2H3;5-8,10-11H,1-4H3;/q2*-1;. The molecule has 0 saturated carbocycles. The SMILES string of the molecule is CC(C)c1ccnc(-c2[c-]ccc3c2sc2ccc(-c4cccc(-c5ccccc5)c4)cc23)c1.Cc1cc(-c2[c-]cccc2)nc[c]1[Ge]([CH3])([CH3])[CH3].[Ir]. The Hall–Kier alpha value is -4.19. The molecule has 2 nitrogen and oxygen atoms in total. The zero-order valence-corrected chi connectivity index (χ0v) is 35.8. The first-order valence-electron chi connectivity index (χ1n) is 17.6. The van der Waals surface area contributed by atoms with E-state index in [2.05, 4.69) is 164 Å². The summed E-state index contributed by atoms with van der Waals surface area (Å²) in [6, 6.07) is 51.6. The van der Waals surface area contributed by atoms with Gasteiger partial charge >= 0.3 is 106 Å². The van der Waals surface area contributed by atoms with E-state index in [0.717, 1.165) is 22.5 Å². The summed E-state index contributed by atoms with van der Waals surface area (Å²) in [5.41, 5.74) is 11.8. The van der Waals surface area contributed by atoms with Gasteiger partial charge in [-0.25, -0.2) is 0 Å². The molecular formula is C47H42GeIrN2S-2. The third kappa shape index (κ3) is 8.22. The Kier molecular flexibility index (Phi) is 11.7. The van der Waals surface area contributed by atoms with Crippen molar-refractivity contribution in [3.63, 3.8) is 0 Å². The minimum Gasteiger partial charge on any atom is 0 e. The predicted molar refractivity (Wildman–Crippen MR) is 223 cm³/mol. The molecule has 1 radical (unpaired) electrons.